The van der Waals surface area contributed by atoms with E-state index in [-0.39, 0.29) is 23.1 Å². The van der Waals surface area contributed by atoms with Crippen molar-refractivity contribution in [1.29, 1.82) is 5.26 Å². The van der Waals surface area contributed by atoms with Crippen molar-refractivity contribution in [3.8, 4) is 11.9 Å². The van der Waals surface area contributed by atoms with Gasteiger partial charge in [0.25, 0.3) is 5.56 Å². The summed E-state index contributed by atoms with van der Waals surface area (Å²) in [5, 5.41) is 19.1. The lowest BCUT2D eigenvalue weighted by Crippen LogP contribution is -2.27. The van der Waals surface area contributed by atoms with Gasteiger partial charge in [-0.15, -0.1) is 0 Å². The van der Waals surface area contributed by atoms with E-state index in [2.05, 4.69) is 0 Å². The summed E-state index contributed by atoms with van der Waals surface area (Å²) in [5.41, 5.74) is 0.498. The zero-order valence-electron chi connectivity index (χ0n) is 10.3. The minimum absolute atomic E-state index is 0.0485. The Bertz CT molecular complexity index is 536. The van der Waals surface area contributed by atoms with Crippen LogP contribution in [0.3, 0.4) is 0 Å². The molecule has 0 aliphatic carbocycles. The molecule has 1 atom stereocenters. The van der Waals surface area contributed by atoms with Gasteiger partial charge in [-0.05, 0) is 24.8 Å². The van der Waals surface area contributed by atoms with Gasteiger partial charge in [-0.1, -0.05) is 6.92 Å². The Labute approximate surface area is 105 Å². The predicted octanol–water partition coefficient (Wildman–Crippen LogP) is 1.17. The fourth-order valence-corrected chi connectivity index (χ4v) is 2.25. The number of ether oxygens (including phenoxy) is 1. The monoisotopic (exact) mass is 248 g/mol. The third-order valence-corrected chi connectivity index (χ3v) is 3.27. The van der Waals surface area contributed by atoms with Gasteiger partial charge in [0, 0.05) is 12.7 Å². The fraction of sp³-hybridized carbons (Fsp3) is 0.538. The Balaban J connectivity index is 2.41. The lowest BCUT2D eigenvalue weighted by atomic mass is 10.1. The molecule has 1 N–H and O–H groups in total. The van der Waals surface area contributed by atoms with Crippen molar-refractivity contribution in [3.05, 3.63) is 27.5 Å². The van der Waals surface area contributed by atoms with Gasteiger partial charge in [0.2, 0.25) is 5.88 Å². The summed E-state index contributed by atoms with van der Waals surface area (Å²) in [4.78, 5) is 11.9. The van der Waals surface area contributed by atoms with E-state index in [0.717, 1.165) is 12.8 Å². The van der Waals surface area contributed by atoms with E-state index in [1.807, 2.05) is 13.0 Å². The van der Waals surface area contributed by atoms with Gasteiger partial charge in [0.1, 0.15) is 11.6 Å². The van der Waals surface area contributed by atoms with Crippen molar-refractivity contribution in [2.75, 3.05) is 6.61 Å². The summed E-state index contributed by atoms with van der Waals surface area (Å²) >= 11 is 0. The van der Waals surface area contributed by atoms with E-state index in [0.29, 0.717) is 25.1 Å². The molecule has 18 heavy (non-hydrogen) atoms. The van der Waals surface area contributed by atoms with Crippen molar-refractivity contribution in [2.45, 2.75) is 38.8 Å². The Morgan fingerprint density at radius 3 is 3.00 bits per heavy atom. The molecule has 0 saturated carbocycles. The first-order chi connectivity index (χ1) is 8.67. The Kier molecular flexibility index (Phi) is 3.68. The van der Waals surface area contributed by atoms with Gasteiger partial charge in [-0.25, -0.2) is 0 Å². The van der Waals surface area contributed by atoms with Crippen LogP contribution in [0, 0.1) is 11.3 Å². The predicted molar refractivity (Wildman–Crippen MR) is 65.4 cm³/mol. The van der Waals surface area contributed by atoms with Crippen LogP contribution in [0.25, 0.3) is 0 Å². The van der Waals surface area contributed by atoms with Crippen LogP contribution in [-0.4, -0.2) is 22.4 Å². The lowest BCUT2D eigenvalue weighted by molar-refractivity contribution is 0.0938. The highest BCUT2D eigenvalue weighted by molar-refractivity contribution is 5.44. The summed E-state index contributed by atoms with van der Waals surface area (Å²) in [6.07, 6.45) is 2.35. The van der Waals surface area contributed by atoms with E-state index < -0.39 is 0 Å². The van der Waals surface area contributed by atoms with Crippen LogP contribution < -0.4 is 5.56 Å². The molecule has 1 aliphatic rings. The highest BCUT2D eigenvalue weighted by atomic mass is 16.5. The normalized spacial score (nSPS) is 18.8. The molecule has 2 rings (SSSR count). The Morgan fingerprint density at radius 2 is 2.44 bits per heavy atom. The molecule has 1 fully saturated rings. The standard InChI is InChI=1S/C13H16N2O3/c1-2-9-6-12(16)15(13(17)11(9)7-14)8-10-4-3-5-18-10/h6,10,17H,2-5,8H2,1H3. The molecule has 1 unspecified atom stereocenters. The van der Waals surface area contributed by atoms with Crippen molar-refractivity contribution < 1.29 is 9.84 Å². The summed E-state index contributed by atoms with van der Waals surface area (Å²) in [6.45, 7) is 2.85. The molecule has 0 bridgehead atoms. The van der Waals surface area contributed by atoms with Crippen molar-refractivity contribution in [2.24, 2.45) is 0 Å². The minimum atomic E-state index is -0.279. The molecule has 1 aromatic rings. The van der Waals surface area contributed by atoms with E-state index in [1.54, 1.807) is 0 Å². The molecule has 1 aromatic heterocycles. The molecule has 1 saturated heterocycles. The second kappa shape index (κ2) is 5.23. The Morgan fingerprint density at radius 1 is 1.67 bits per heavy atom. The first kappa shape index (κ1) is 12.7. The summed E-state index contributed by atoms with van der Waals surface area (Å²) < 4.78 is 6.67. The van der Waals surface area contributed by atoms with Crippen LogP contribution in [0.15, 0.2) is 10.9 Å². The molecule has 0 spiro atoms. The van der Waals surface area contributed by atoms with E-state index >= 15 is 0 Å². The average Bonchev–Trinajstić information content (AvgIpc) is 2.86. The van der Waals surface area contributed by atoms with Gasteiger partial charge in [-0.3, -0.25) is 9.36 Å². The lowest BCUT2D eigenvalue weighted by Gasteiger charge is -2.15. The van der Waals surface area contributed by atoms with Crippen molar-refractivity contribution in [3.63, 3.8) is 0 Å². The third kappa shape index (κ3) is 2.24. The van der Waals surface area contributed by atoms with Gasteiger partial charge < -0.3 is 9.84 Å². The number of hydrogen-bond donors (Lipinski definition) is 1. The SMILES string of the molecule is CCc1cc(=O)n(CC2CCCO2)c(O)c1C#N. The Hall–Kier alpha value is -1.80. The van der Waals surface area contributed by atoms with Crippen LogP contribution in [0.5, 0.6) is 5.88 Å². The van der Waals surface area contributed by atoms with Crippen molar-refractivity contribution in [1.82, 2.24) is 4.57 Å². The number of nitrogens with zero attached hydrogens (tertiary/aromatic N) is 2. The largest absolute Gasteiger partial charge is 0.493 e. The maximum Gasteiger partial charge on any atom is 0.253 e. The molecular weight excluding hydrogens is 232 g/mol. The molecular formula is C13H16N2O3. The van der Waals surface area contributed by atoms with Gasteiger partial charge in [0.15, 0.2) is 0 Å². The topological polar surface area (TPSA) is 75.2 Å². The second-order valence-corrected chi connectivity index (χ2v) is 4.42. The van der Waals surface area contributed by atoms with Gasteiger partial charge >= 0.3 is 0 Å². The smallest absolute Gasteiger partial charge is 0.253 e. The number of rotatable bonds is 3. The number of aryl methyl sites for hydroxylation is 1. The fourth-order valence-electron chi connectivity index (χ4n) is 2.25. The first-order valence-electron chi connectivity index (χ1n) is 6.14. The minimum Gasteiger partial charge on any atom is -0.493 e. The molecule has 2 heterocycles. The molecule has 0 aromatic carbocycles. The number of nitriles is 1. The van der Waals surface area contributed by atoms with Gasteiger partial charge in [-0.2, -0.15) is 5.26 Å². The molecule has 0 amide bonds. The quantitative estimate of drug-likeness (QED) is 0.871. The summed E-state index contributed by atoms with van der Waals surface area (Å²) in [5.74, 6) is -0.239. The molecule has 5 nitrogen and oxygen atoms in total. The van der Waals surface area contributed by atoms with E-state index in [4.69, 9.17) is 10.00 Å². The van der Waals surface area contributed by atoms with E-state index in [1.165, 1.54) is 10.6 Å². The van der Waals surface area contributed by atoms with Crippen molar-refractivity contribution >= 4 is 0 Å². The number of aromatic nitrogens is 1. The highest BCUT2D eigenvalue weighted by Gasteiger charge is 2.20. The summed E-state index contributed by atoms with van der Waals surface area (Å²) in [7, 11) is 0. The third-order valence-electron chi connectivity index (χ3n) is 3.27. The maximum absolute atomic E-state index is 11.9. The molecule has 0 radical (unpaired) electrons. The number of aromatic hydroxyl groups is 1. The van der Waals surface area contributed by atoms with Crippen LogP contribution in [0.1, 0.15) is 30.9 Å². The second-order valence-electron chi connectivity index (χ2n) is 4.42. The first-order valence-corrected chi connectivity index (χ1v) is 6.14. The van der Waals surface area contributed by atoms with Crippen LogP contribution >= 0.6 is 0 Å². The number of hydrogen-bond acceptors (Lipinski definition) is 4. The zero-order valence-corrected chi connectivity index (χ0v) is 10.3. The molecule has 5 heteroatoms. The van der Waals surface area contributed by atoms with Crippen LogP contribution in [-0.2, 0) is 17.7 Å². The van der Waals surface area contributed by atoms with Crippen LogP contribution in [0.2, 0.25) is 0 Å². The maximum atomic E-state index is 11.9. The van der Waals surface area contributed by atoms with Gasteiger partial charge in [0.05, 0.1) is 12.6 Å². The number of pyridine rings is 1. The average molecular weight is 248 g/mol. The van der Waals surface area contributed by atoms with E-state index in [9.17, 15) is 9.90 Å². The zero-order chi connectivity index (χ0) is 13.1. The summed E-state index contributed by atoms with van der Waals surface area (Å²) in [6, 6.07) is 3.38. The highest BCUT2D eigenvalue weighted by Crippen LogP contribution is 2.21. The molecule has 96 valence electrons. The van der Waals surface area contributed by atoms with Crippen LogP contribution in [0.4, 0.5) is 0 Å². The molecule has 1 aliphatic heterocycles.